The Morgan fingerprint density at radius 2 is 1.40 bits per heavy atom. The molecule has 2 N–H and O–H groups in total. The van der Waals surface area contributed by atoms with Gasteiger partial charge in [-0.15, -0.1) is 6.58 Å². The third-order valence-corrected chi connectivity index (χ3v) is 3.18. The molecule has 0 saturated heterocycles. The van der Waals surface area contributed by atoms with Crippen LogP contribution >= 0.6 is 0 Å². The summed E-state index contributed by atoms with van der Waals surface area (Å²) in [5.74, 6) is 0. The molecule has 0 aliphatic rings. The molecular formula is C18H34N2. The van der Waals surface area contributed by atoms with Gasteiger partial charge in [0.1, 0.15) is 0 Å². The Morgan fingerprint density at radius 3 is 2.05 bits per heavy atom. The minimum absolute atomic E-state index is 0.844. The number of allylic oxidation sites excluding steroid dienone is 2. The first-order valence-electron chi connectivity index (χ1n) is 7.93. The maximum atomic E-state index is 4.02. The fourth-order valence-corrected chi connectivity index (χ4v) is 1.95. The van der Waals surface area contributed by atoms with Crippen molar-refractivity contribution in [2.75, 3.05) is 19.6 Å². The molecular weight excluding hydrogens is 244 g/mol. The Balaban J connectivity index is 3.18. The molecule has 116 valence electrons. The van der Waals surface area contributed by atoms with Crippen LogP contribution in [0.2, 0.25) is 0 Å². The largest absolute Gasteiger partial charge is 0.385 e. The second kappa shape index (κ2) is 13.0. The zero-order valence-electron chi connectivity index (χ0n) is 13.7. The highest BCUT2D eigenvalue weighted by Crippen LogP contribution is 2.07. The smallest absolute Gasteiger partial charge is 0.0351 e. The van der Waals surface area contributed by atoms with Gasteiger partial charge in [0.15, 0.2) is 0 Å². The van der Waals surface area contributed by atoms with E-state index in [0.29, 0.717) is 0 Å². The van der Waals surface area contributed by atoms with Crippen molar-refractivity contribution in [1.29, 1.82) is 0 Å². The molecule has 0 aromatic rings. The quantitative estimate of drug-likeness (QED) is 0.359. The first-order valence-corrected chi connectivity index (χ1v) is 7.93. The highest BCUT2D eigenvalue weighted by molar-refractivity contribution is 4.99. The SMILES string of the molecule is C=C(C)CCCCCCNCCCC(=C)NCC(=C)C. The Labute approximate surface area is 126 Å². The van der Waals surface area contributed by atoms with E-state index in [4.69, 9.17) is 0 Å². The lowest BCUT2D eigenvalue weighted by atomic mass is 10.1. The van der Waals surface area contributed by atoms with Crippen LogP contribution in [0, 0.1) is 0 Å². The van der Waals surface area contributed by atoms with Gasteiger partial charge < -0.3 is 10.6 Å². The predicted molar refractivity (Wildman–Crippen MR) is 92.0 cm³/mol. The lowest BCUT2D eigenvalue weighted by Crippen LogP contribution is -2.19. The first kappa shape index (κ1) is 19.0. The molecule has 0 amide bonds. The van der Waals surface area contributed by atoms with E-state index in [9.17, 15) is 0 Å². The Bertz CT molecular complexity index is 292. The Morgan fingerprint density at radius 1 is 0.750 bits per heavy atom. The van der Waals surface area contributed by atoms with Gasteiger partial charge in [0.25, 0.3) is 0 Å². The molecule has 0 heterocycles. The van der Waals surface area contributed by atoms with E-state index >= 15 is 0 Å². The van der Waals surface area contributed by atoms with Gasteiger partial charge in [-0.25, -0.2) is 0 Å². The third kappa shape index (κ3) is 15.0. The zero-order valence-corrected chi connectivity index (χ0v) is 13.7. The number of hydrogen-bond donors (Lipinski definition) is 2. The van der Waals surface area contributed by atoms with E-state index < -0.39 is 0 Å². The summed E-state index contributed by atoms with van der Waals surface area (Å²) in [6.07, 6.45) is 8.61. The minimum atomic E-state index is 0.844. The van der Waals surface area contributed by atoms with E-state index in [1.807, 2.05) is 6.92 Å². The molecule has 0 bridgehead atoms. The van der Waals surface area contributed by atoms with Gasteiger partial charge in [0, 0.05) is 12.2 Å². The fraction of sp³-hybridized carbons (Fsp3) is 0.667. The topological polar surface area (TPSA) is 24.1 Å². The van der Waals surface area contributed by atoms with E-state index in [2.05, 4.69) is 37.3 Å². The Kier molecular flexibility index (Phi) is 12.3. The summed E-state index contributed by atoms with van der Waals surface area (Å²) in [4.78, 5) is 0. The van der Waals surface area contributed by atoms with Crippen LogP contribution in [0.25, 0.3) is 0 Å². The summed E-state index contributed by atoms with van der Waals surface area (Å²) in [5.41, 5.74) is 3.58. The molecule has 0 rings (SSSR count). The van der Waals surface area contributed by atoms with Gasteiger partial charge in [-0.05, 0) is 59.0 Å². The van der Waals surface area contributed by atoms with Crippen LogP contribution in [0.15, 0.2) is 36.6 Å². The second-order valence-electron chi connectivity index (χ2n) is 5.89. The lowest BCUT2D eigenvalue weighted by Gasteiger charge is -2.09. The molecule has 20 heavy (non-hydrogen) atoms. The van der Waals surface area contributed by atoms with Crippen LogP contribution in [-0.2, 0) is 0 Å². The third-order valence-electron chi connectivity index (χ3n) is 3.18. The van der Waals surface area contributed by atoms with Crippen LogP contribution in [0.4, 0.5) is 0 Å². The molecule has 2 nitrogen and oxygen atoms in total. The van der Waals surface area contributed by atoms with E-state index in [1.54, 1.807) is 0 Å². The van der Waals surface area contributed by atoms with Gasteiger partial charge in [-0.1, -0.05) is 37.1 Å². The maximum absolute atomic E-state index is 4.02. The fourth-order valence-electron chi connectivity index (χ4n) is 1.95. The van der Waals surface area contributed by atoms with Gasteiger partial charge in [0.2, 0.25) is 0 Å². The van der Waals surface area contributed by atoms with Crippen LogP contribution < -0.4 is 10.6 Å². The van der Waals surface area contributed by atoms with E-state index in [0.717, 1.165) is 43.7 Å². The Hall–Kier alpha value is -1.02. The van der Waals surface area contributed by atoms with Gasteiger partial charge in [-0.3, -0.25) is 0 Å². The molecule has 0 fully saturated rings. The minimum Gasteiger partial charge on any atom is -0.385 e. The molecule has 0 radical (unpaired) electrons. The molecule has 0 atom stereocenters. The van der Waals surface area contributed by atoms with Crippen LogP contribution in [0.5, 0.6) is 0 Å². The van der Waals surface area contributed by atoms with Gasteiger partial charge in [0.05, 0.1) is 0 Å². The van der Waals surface area contributed by atoms with Crippen molar-refractivity contribution in [2.45, 2.75) is 58.8 Å². The second-order valence-corrected chi connectivity index (χ2v) is 5.89. The molecule has 0 spiro atoms. The number of unbranched alkanes of at least 4 members (excludes halogenated alkanes) is 3. The lowest BCUT2D eigenvalue weighted by molar-refractivity contribution is 0.573. The average molecular weight is 278 g/mol. The summed E-state index contributed by atoms with van der Waals surface area (Å²) in [6.45, 7) is 19.0. The summed E-state index contributed by atoms with van der Waals surface area (Å²) < 4.78 is 0. The molecule has 0 aromatic carbocycles. The monoisotopic (exact) mass is 278 g/mol. The van der Waals surface area contributed by atoms with Gasteiger partial charge >= 0.3 is 0 Å². The highest BCUT2D eigenvalue weighted by atomic mass is 14.9. The van der Waals surface area contributed by atoms with Crippen LogP contribution in [0.1, 0.15) is 58.8 Å². The summed E-state index contributed by atoms with van der Waals surface area (Å²) in [6, 6.07) is 0. The normalized spacial score (nSPS) is 10.3. The number of rotatable bonds is 14. The van der Waals surface area contributed by atoms with Crippen molar-refractivity contribution < 1.29 is 0 Å². The maximum Gasteiger partial charge on any atom is 0.0351 e. The van der Waals surface area contributed by atoms with E-state index in [-0.39, 0.29) is 0 Å². The van der Waals surface area contributed by atoms with Crippen molar-refractivity contribution in [2.24, 2.45) is 0 Å². The number of nitrogens with one attached hydrogen (secondary N) is 2. The summed E-state index contributed by atoms with van der Waals surface area (Å²) in [5, 5.41) is 6.79. The average Bonchev–Trinajstić information content (AvgIpc) is 2.38. The van der Waals surface area contributed by atoms with E-state index in [1.165, 1.54) is 37.7 Å². The van der Waals surface area contributed by atoms with Crippen molar-refractivity contribution >= 4 is 0 Å². The zero-order chi connectivity index (χ0) is 15.2. The first-order chi connectivity index (χ1) is 9.52. The molecule has 0 aliphatic carbocycles. The molecule has 0 aromatic heterocycles. The molecule has 0 unspecified atom stereocenters. The molecule has 0 saturated carbocycles. The van der Waals surface area contributed by atoms with Crippen LogP contribution in [-0.4, -0.2) is 19.6 Å². The molecule has 2 heteroatoms. The predicted octanol–water partition coefficient (Wildman–Crippen LogP) is 4.56. The highest BCUT2D eigenvalue weighted by Gasteiger charge is 1.95. The van der Waals surface area contributed by atoms with Crippen LogP contribution in [0.3, 0.4) is 0 Å². The van der Waals surface area contributed by atoms with Crippen molar-refractivity contribution in [3.63, 3.8) is 0 Å². The standard InChI is InChI=1S/C18H34N2/c1-16(2)11-8-6-7-9-13-19-14-10-12-18(5)20-15-17(3)4/h19-20H,1,3,5-15H2,2,4H3. The summed E-state index contributed by atoms with van der Waals surface area (Å²) >= 11 is 0. The molecule has 0 aliphatic heterocycles. The van der Waals surface area contributed by atoms with Crippen molar-refractivity contribution in [3.8, 4) is 0 Å². The van der Waals surface area contributed by atoms with Crippen molar-refractivity contribution in [1.82, 2.24) is 10.6 Å². The number of hydrogen-bond acceptors (Lipinski definition) is 2. The van der Waals surface area contributed by atoms with Gasteiger partial charge in [-0.2, -0.15) is 0 Å². The van der Waals surface area contributed by atoms with Crippen molar-refractivity contribution in [3.05, 3.63) is 36.6 Å². The summed E-state index contributed by atoms with van der Waals surface area (Å²) in [7, 11) is 0.